The Bertz CT molecular complexity index is 564. The Kier molecular flexibility index (Phi) is 11.1. The van der Waals surface area contributed by atoms with Gasteiger partial charge < -0.3 is 43.4 Å². The number of carbonyl (C=O) groups excluding carboxylic acids is 3. The highest BCUT2D eigenvalue weighted by atomic mass is 16.4. The molecule has 0 aliphatic heterocycles. The maximum absolute atomic E-state index is 12.1. The van der Waals surface area contributed by atoms with Crippen molar-refractivity contribution in [3.8, 4) is 0 Å². The number of carboxylic acids is 1. The summed E-state index contributed by atoms with van der Waals surface area (Å²) in [6.45, 7) is 0.451. The molecule has 0 aromatic carbocycles. The lowest BCUT2D eigenvalue weighted by atomic mass is 10.1. The second kappa shape index (κ2) is 12.4. The van der Waals surface area contributed by atoms with Gasteiger partial charge in [-0.15, -0.1) is 0 Å². The SMILES string of the molecule is CC(NC(=O)C(CO)NC(=O)CN)C(=O)NC(CCCN=C(N)N)C(=O)O. The van der Waals surface area contributed by atoms with Crippen LogP contribution in [0.1, 0.15) is 19.8 Å². The Hall–Kier alpha value is -2.93. The van der Waals surface area contributed by atoms with Crippen LogP contribution in [0.3, 0.4) is 0 Å². The Balaban J connectivity index is 4.66. The summed E-state index contributed by atoms with van der Waals surface area (Å²) in [5.74, 6) is -3.61. The molecule has 0 aromatic heterocycles. The summed E-state index contributed by atoms with van der Waals surface area (Å²) in [7, 11) is 0. The quantitative estimate of drug-likeness (QED) is 0.0911. The summed E-state index contributed by atoms with van der Waals surface area (Å²) >= 11 is 0. The van der Waals surface area contributed by atoms with Crippen molar-refractivity contribution < 1.29 is 29.4 Å². The second-order valence-corrected chi connectivity index (χ2v) is 5.59. The fraction of sp³-hybridized carbons (Fsp3) is 0.643. The topological polar surface area (TPSA) is 235 Å². The van der Waals surface area contributed by atoms with E-state index in [0.29, 0.717) is 6.42 Å². The van der Waals surface area contributed by atoms with Crippen molar-refractivity contribution in [3.05, 3.63) is 0 Å². The molecule has 0 aliphatic rings. The van der Waals surface area contributed by atoms with Gasteiger partial charge >= 0.3 is 5.97 Å². The number of carbonyl (C=O) groups is 4. The van der Waals surface area contributed by atoms with E-state index in [0.717, 1.165) is 0 Å². The summed E-state index contributed by atoms with van der Waals surface area (Å²) in [5.41, 5.74) is 15.4. The number of hydrogen-bond acceptors (Lipinski definition) is 7. The average Bonchev–Trinajstić information content (AvgIpc) is 2.60. The van der Waals surface area contributed by atoms with Gasteiger partial charge in [0.25, 0.3) is 0 Å². The second-order valence-electron chi connectivity index (χ2n) is 5.59. The third-order valence-electron chi connectivity index (χ3n) is 3.33. The first-order valence-corrected chi connectivity index (χ1v) is 8.11. The minimum atomic E-state index is -1.29. The summed E-state index contributed by atoms with van der Waals surface area (Å²) in [6, 6.07) is -3.59. The molecule has 0 aromatic rings. The van der Waals surface area contributed by atoms with Gasteiger partial charge in [0.15, 0.2) is 5.96 Å². The van der Waals surface area contributed by atoms with E-state index in [4.69, 9.17) is 27.4 Å². The zero-order valence-electron chi connectivity index (χ0n) is 15.0. The number of nitrogens with one attached hydrogen (secondary N) is 3. The van der Waals surface area contributed by atoms with Gasteiger partial charge in [-0.2, -0.15) is 0 Å². The molecule has 0 saturated carbocycles. The standard InChI is InChI=1S/C14H27N7O6/c1-7(19-12(25)9(6-22)20-10(23)5-15)11(24)21-8(13(26)27)3-2-4-18-14(16)17/h7-9,22H,2-6,15H2,1H3,(H,19,25)(H,20,23)(H,21,24)(H,26,27)(H4,16,17,18). The number of nitrogens with two attached hydrogens (primary N) is 3. The number of aliphatic imine (C=N–C) groups is 1. The van der Waals surface area contributed by atoms with Crippen molar-refractivity contribution >= 4 is 29.7 Å². The molecule has 3 unspecified atom stereocenters. The van der Waals surface area contributed by atoms with E-state index in [-0.39, 0.29) is 25.5 Å². The van der Waals surface area contributed by atoms with Crippen molar-refractivity contribution in [2.75, 3.05) is 19.7 Å². The molecule has 0 heterocycles. The minimum absolute atomic E-state index is 0.0738. The number of carboxylic acid groups (broad SMARTS) is 1. The highest BCUT2D eigenvalue weighted by Crippen LogP contribution is 2.00. The molecule has 13 nitrogen and oxygen atoms in total. The zero-order chi connectivity index (χ0) is 21.0. The molecule has 0 spiro atoms. The molecular weight excluding hydrogens is 362 g/mol. The van der Waals surface area contributed by atoms with Crippen LogP contribution in [0, 0.1) is 0 Å². The number of nitrogens with zero attached hydrogens (tertiary/aromatic N) is 1. The smallest absolute Gasteiger partial charge is 0.326 e. The van der Waals surface area contributed by atoms with Crippen LogP contribution in [0.25, 0.3) is 0 Å². The Labute approximate surface area is 155 Å². The lowest BCUT2D eigenvalue weighted by Crippen LogP contribution is -2.56. The molecule has 0 rings (SSSR count). The van der Waals surface area contributed by atoms with Crippen LogP contribution < -0.4 is 33.2 Å². The first-order valence-electron chi connectivity index (χ1n) is 8.11. The van der Waals surface area contributed by atoms with Gasteiger partial charge in [0.1, 0.15) is 18.1 Å². The highest BCUT2D eigenvalue weighted by Gasteiger charge is 2.26. The summed E-state index contributed by atoms with van der Waals surface area (Å²) in [5, 5.41) is 25.0. The van der Waals surface area contributed by atoms with Crippen LogP contribution in [0.4, 0.5) is 0 Å². The number of aliphatic carboxylic acids is 1. The van der Waals surface area contributed by atoms with E-state index in [2.05, 4.69) is 20.9 Å². The lowest BCUT2D eigenvalue weighted by Gasteiger charge is -2.21. The maximum atomic E-state index is 12.1. The number of hydrogen-bond donors (Lipinski definition) is 8. The Morgan fingerprint density at radius 2 is 1.67 bits per heavy atom. The molecule has 3 atom stereocenters. The van der Waals surface area contributed by atoms with Crippen LogP contribution in [-0.2, 0) is 19.2 Å². The van der Waals surface area contributed by atoms with Gasteiger partial charge in [-0.05, 0) is 19.8 Å². The third kappa shape index (κ3) is 9.96. The van der Waals surface area contributed by atoms with E-state index < -0.39 is 48.4 Å². The van der Waals surface area contributed by atoms with E-state index in [1.54, 1.807) is 0 Å². The predicted octanol–water partition coefficient (Wildman–Crippen LogP) is -4.45. The fourth-order valence-electron chi connectivity index (χ4n) is 1.88. The van der Waals surface area contributed by atoms with Gasteiger partial charge in [-0.3, -0.25) is 19.4 Å². The molecule has 0 fully saturated rings. The van der Waals surface area contributed by atoms with Gasteiger partial charge in [0, 0.05) is 6.54 Å². The largest absolute Gasteiger partial charge is 0.480 e. The molecule has 0 bridgehead atoms. The summed E-state index contributed by atoms with van der Waals surface area (Å²) in [6.07, 6.45) is 0.387. The monoisotopic (exact) mass is 389 g/mol. The van der Waals surface area contributed by atoms with Gasteiger partial charge in [0.05, 0.1) is 13.2 Å². The molecular formula is C14H27N7O6. The molecule has 0 radical (unpaired) electrons. The molecule has 154 valence electrons. The first kappa shape index (κ1) is 24.1. The summed E-state index contributed by atoms with van der Waals surface area (Å²) < 4.78 is 0. The molecule has 13 heteroatoms. The van der Waals surface area contributed by atoms with Gasteiger partial charge in [0.2, 0.25) is 17.7 Å². The number of amides is 3. The normalized spacial score (nSPS) is 13.6. The van der Waals surface area contributed by atoms with Gasteiger partial charge in [-0.25, -0.2) is 4.79 Å². The molecule has 3 amide bonds. The number of aliphatic hydroxyl groups excluding tert-OH is 1. The predicted molar refractivity (Wildman–Crippen MR) is 95.2 cm³/mol. The van der Waals surface area contributed by atoms with Gasteiger partial charge in [-0.1, -0.05) is 0 Å². The molecule has 0 saturated heterocycles. The van der Waals surface area contributed by atoms with E-state index in [1.165, 1.54) is 6.92 Å². The Morgan fingerprint density at radius 1 is 1.04 bits per heavy atom. The lowest BCUT2D eigenvalue weighted by molar-refractivity contribution is -0.142. The van der Waals surface area contributed by atoms with Crippen LogP contribution in [0.5, 0.6) is 0 Å². The fourth-order valence-corrected chi connectivity index (χ4v) is 1.88. The van der Waals surface area contributed by atoms with Crippen LogP contribution in [0.2, 0.25) is 0 Å². The molecule has 27 heavy (non-hydrogen) atoms. The average molecular weight is 389 g/mol. The molecule has 11 N–H and O–H groups in total. The number of aliphatic hydroxyl groups is 1. The minimum Gasteiger partial charge on any atom is -0.480 e. The summed E-state index contributed by atoms with van der Waals surface area (Å²) in [4.78, 5) is 50.2. The van der Waals surface area contributed by atoms with Crippen LogP contribution in [0.15, 0.2) is 4.99 Å². The number of rotatable bonds is 12. The van der Waals surface area contributed by atoms with E-state index in [9.17, 15) is 19.2 Å². The zero-order valence-corrected chi connectivity index (χ0v) is 15.0. The Morgan fingerprint density at radius 3 is 2.15 bits per heavy atom. The van der Waals surface area contributed by atoms with E-state index in [1.807, 2.05) is 0 Å². The van der Waals surface area contributed by atoms with Crippen molar-refractivity contribution in [1.82, 2.24) is 16.0 Å². The first-order chi connectivity index (χ1) is 12.6. The van der Waals surface area contributed by atoms with Crippen molar-refractivity contribution in [1.29, 1.82) is 0 Å². The van der Waals surface area contributed by atoms with Crippen LogP contribution in [-0.4, -0.2) is 77.7 Å². The number of guanidine groups is 1. The van der Waals surface area contributed by atoms with E-state index >= 15 is 0 Å². The van der Waals surface area contributed by atoms with Crippen molar-refractivity contribution in [3.63, 3.8) is 0 Å². The molecule has 0 aliphatic carbocycles. The van der Waals surface area contributed by atoms with Crippen molar-refractivity contribution in [2.45, 2.75) is 37.9 Å². The maximum Gasteiger partial charge on any atom is 0.326 e. The third-order valence-corrected chi connectivity index (χ3v) is 3.33. The highest BCUT2D eigenvalue weighted by molar-refractivity contribution is 5.93. The van der Waals surface area contributed by atoms with Crippen molar-refractivity contribution in [2.24, 2.45) is 22.2 Å². The van der Waals surface area contributed by atoms with Crippen LogP contribution >= 0.6 is 0 Å².